The number of benzene rings is 1. The van der Waals surface area contributed by atoms with Gasteiger partial charge in [0.1, 0.15) is 0 Å². The highest BCUT2D eigenvalue weighted by molar-refractivity contribution is 5.78. The molecule has 1 aromatic heterocycles. The lowest BCUT2D eigenvalue weighted by Gasteiger charge is -2.31. The zero-order valence-corrected chi connectivity index (χ0v) is 12.7. The summed E-state index contributed by atoms with van der Waals surface area (Å²) in [5.41, 5.74) is 2.30. The van der Waals surface area contributed by atoms with Crippen molar-refractivity contribution in [2.24, 2.45) is 0 Å². The van der Waals surface area contributed by atoms with Crippen molar-refractivity contribution >= 4 is 10.9 Å². The minimum Gasteiger partial charge on any atom is -0.376 e. The maximum atomic E-state index is 6.01. The van der Waals surface area contributed by atoms with Crippen LogP contribution in [0.5, 0.6) is 0 Å². The molecule has 2 aromatic rings. The molecule has 1 aliphatic heterocycles. The first-order valence-corrected chi connectivity index (χ1v) is 8.08. The quantitative estimate of drug-likeness (QED) is 0.905. The van der Waals surface area contributed by atoms with E-state index in [1.807, 2.05) is 12.3 Å². The van der Waals surface area contributed by atoms with Crippen molar-refractivity contribution < 1.29 is 4.74 Å². The summed E-state index contributed by atoms with van der Waals surface area (Å²) in [5.74, 6) is 0. The molecular weight excluding hydrogens is 260 g/mol. The van der Waals surface area contributed by atoms with E-state index in [-0.39, 0.29) is 12.1 Å². The summed E-state index contributed by atoms with van der Waals surface area (Å²) < 4.78 is 6.01. The Labute approximate surface area is 126 Å². The van der Waals surface area contributed by atoms with Crippen molar-refractivity contribution in [1.29, 1.82) is 0 Å². The molecule has 2 unspecified atom stereocenters. The van der Waals surface area contributed by atoms with Crippen LogP contribution in [0.3, 0.4) is 0 Å². The Morgan fingerprint density at radius 1 is 1.33 bits per heavy atom. The fourth-order valence-corrected chi connectivity index (χ4v) is 3.05. The zero-order chi connectivity index (χ0) is 14.5. The Morgan fingerprint density at radius 3 is 3.05 bits per heavy atom. The van der Waals surface area contributed by atoms with Gasteiger partial charge in [0.15, 0.2) is 0 Å². The Balaban J connectivity index is 1.88. The topological polar surface area (TPSA) is 34.2 Å². The summed E-state index contributed by atoms with van der Waals surface area (Å²) >= 11 is 0. The van der Waals surface area contributed by atoms with E-state index in [4.69, 9.17) is 4.74 Å². The Kier molecular flexibility index (Phi) is 4.84. The predicted molar refractivity (Wildman–Crippen MR) is 86.4 cm³/mol. The van der Waals surface area contributed by atoms with Gasteiger partial charge in [-0.05, 0) is 49.9 Å². The summed E-state index contributed by atoms with van der Waals surface area (Å²) in [6, 6.07) is 10.8. The van der Waals surface area contributed by atoms with Crippen LogP contribution in [-0.2, 0) is 4.74 Å². The van der Waals surface area contributed by atoms with Gasteiger partial charge < -0.3 is 10.1 Å². The number of ether oxygens (including phenoxy) is 1. The normalized spacial score (nSPS) is 20.5. The second kappa shape index (κ2) is 7.01. The summed E-state index contributed by atoms with van der Waals surface area (Å²) in [6.45, 7) is 4.10. The number of hydrogen-bond donors (Lipinski definition) is 1. The van der Waals surface area contributed by atoms with Gasteiger partial charge in [0.05, 0.1) is 17.7 Å². The second-order valence-electron chi connectivity index (χ2n) is 5.80. The van der Waals surface area contributed by atoms with Crippen molar-refractivity contribution in [2.45, 2.75) is 44.8 Å². The summed E-state index contributed by atoms with van der Waals surface area (Å²) in [4.78, 5) is 4.61. The van der Waals surface area contributed by atoms with Gasteiger partial charge >= 0.3 is 0 Å². The number of nitrogens with one attached hydrogen (secondary N) is 1. The molecule has 3 heteroatoms. The molecule has 0 aliphatic carbocycles. The van der Waals surface area contributed by atoms with E-state index in [0.29, 0.717) is 0 Å². The van der Waals surface area contributed by atoms with Gasteiger partial charge in [-0.3, -0.25) is 4.98 Å². The van der Waals surface area contributed by atoms with Crippen molar-refractivity contribution in [3.63, 3.8) is 0 Å². The van der Waals surface area contributed by atoms with E-state index in [1.54, 1.807) is 0 Å². The largest absolute Gasteiger partial charge is 0.376 e. The zero-order valence-electron chi connectivity index (χ0n) is 12.7. The highest BCUT2D eigenvalue weighted by atomic mass is 16.5. The third kappa shape index (κ3) is 3.42. The van der Waals surface area contributed by atoms with E-state index in [0.717, 1.165) is 31.5 Å². The summed E-state index contributed by atoms with van der Waals surface area (Å²) in [7, 11) is 0. The molecule has 0 saturated carbocycles. The van der Waals surface area contributed by atoms with Crippen LogP contribution in [-0.4, -0.2) is 24.2 Å². The molecule has 1 N–H and O–H groups in total. The maximum absolute atomic E-state index is 6.01. The van der Waals surface area contributed by atoms with E-state index in [9.17, 15) is 0 Å². The molecule has 0 bridgehead atoms. The number of rotatable bonds is 5. The van der Waals surface area contributed by atoms with Gasteiger partial charge in [-0.25, -0.2) is 0 Å². The standard InChI is InChI=1S/C18H24N2O/c1-2-10-19-18(17-9-5-6-11-21-17)15-12-14-7-3-4-8-16(14)20-13-15/h3-4,7-8,12-13,17-19H,2,5-6,9-11H2,1H3. The van der Waals surface area contributed by atoms with E-state index in [2.05, 4.69) is 41.5 Å². The van der Waals surface area contributed by atoms with E-state index < -0.39 is 0 Å². The number of nitrogens with zero attached hydrogens (tertiary/aromatic N) is 1. The first-order chi connectivity index (χ1) is 10.4. The molecule has 1 aromatic carbocycles. The molecule has 0 spiro atoms. The molecule has 21 heavy (non-hydrogen) atoms. The minimum absolute atomic E-state index is 0.252. The lowest BCUT2D eigenvalue weighted by atomic mass is 9.95. The molecule has 1 aliphatic rings. The van der Waals surface area contributed by atoms with Gasteiger partial charge in [-0.15, -0.1) is 0 Å². The number of pyridine rings is 1. The van der Waals surface area contributed by atoms with Crippen LogP contribution in [0.25, 0.3) is 10.9 Å². The third-order valence-corrected chi connectivity index (χ3v) is 4.17. The SMILES string of the molecule is CCCNC(c1cnc2ccccc2c1)C1CCCCO1. The average Bonchev–Trinajstić information content (AvgIpc) is 2.56. The minimum atomic E-state index is 0.252. The monoisotopic (exact) mass is 284 g/mol. The molecule has 1 saturated heterocycles. The van der Waals surface area contributed by atoms with Crippen LogP contribution in [0.15, 0.2) is 36.5 Å². The van der Waals surface area contributed by atoms with Crippen LogP contribution >= 0.6 is 0 Å². The Bertz CT molecular complexity index is 578. The summed E-state index contributed by atoms with van der Waals surface area (Å²) in [6.07, 6.45) is 6.99. The number of hydrogen-bond acceptors (Lipinski definition) is 3. The van der Waals surface area contributed by atoms with Gasteiger partial charge in [-0.2, -0.15) is 0 Å². The van der Waals surface area contributed by atoms with Crippen LogP contribution in [0.4, 0.5) is 0 Å². The number of aromatic nitrogens is 1. The lowest BCUT2D eigenvalue weighted by Crippen LogP contribution is -2.36. The fourth-order valence-electron chi connectivity index (χ4n) is 3.05. The first kappa shape index (κ1) is 14.5. The lowest BCUT2D eigenvalue weighted by molar-refractivity contribution is -0.00818. The van der Waals surface area contributed by atoms with Crippen LogP contribution in [0.2, 0.25) is 0 Å². The smallest absolute Gasteiger partial charge is 0.0770 e. The van der Waals surface area contributed by atoms with Gasteiger partial charge in [-0.1, -0.05) is 25.1 Å². The van der Waals surface area contributed by atoms with Gasteiger partial charge in [0.2, 0.25) is 0 Å². The number of fused-ring (bicyclic) bond motifs is 1. The predicted octanol–water partition coefficient (Wildman–Crippen LogP) is 3.84. The van der Waals surface area contributed by atoms with Crippen molar-refractivity contribution in [2.75, 3.05) is 13.2 Å². The Morgan fingerprint density at radius 2 is 2.24 bits per heavy atom. The average molecular weight is 284 g/mol. The van der Waals surface area contributed by atoms with Crippen LogP contribution in [0.1, 0.15) is 44.2 Å². The van der Waals surface area contributed by atoms with E-state index in [1.165, 1.54) is 23.8 Å². The molecule has 3 rings (SSSR count). The van der Waals surface area contributed by atoms with Crippen molar-refractivity contribution in [1.82, 2.24) is 10.3 Å². The molecule has 1 fully saturated rings. The molecule has 0 radical (unpaired) electrons. The first-order valence-electron chi connectivity index (χ1n) is 8.08. The highest BCUT2D eigenvalue weighted by Crippen LogP contribution is 2.27. The fraction of sp³-hybridized carbons (Fsp3) is 0.500. The van der Waals surface area contributed by atoms with Crippen molar-refractivity contribution in [3.8, 4) is 0 Å². The molecule has 112 valence electrons. The van der Waals surface area contributed by atoms with Gasteiger partial charge in [0.25, 0.3) is 0 Å². The highest BCUT2D eigenvalue weighted by Gasteiger charge is 2.25. The Hall–Kier alpha value is -1.45. The van der Waals surface area contributed by atoms with E-state index >= 15 is 0 Å². The molecule has 0 amide bonds. The van der Waals surface area contributed by atoms with Crippen LogP contribution in [0, 0.1) is 0 Å². The number of para-hydroxylation sites is 1. The maximum Gasteiger partial charge on any atom is 0.0770 e. The summed E-state index contributed by atoms with van der Waals surface area (Å²) in [5, 5.41) is 4.86. The molecular formula is C18H24N2O. The van der Waals surface area contributed by atoms with Crippen molar-refractivity contribution in [3.05, 3.63) is 42.1 Å². The second-order valence-corrected chi connectivity index (χ2v) is 5.80. The molecule has 2 heterocycles. The van der Waals surface area contributed by atoms with Gasteiger partial charge in [0, 0.05) is 18.2 Å². The molecule has 3 nitrogen and oxygen atoms in total. The molecule has 2 atom stereocenters. The van der Waals surface area contributed by atoms with Crippen LogP contribution < -0.4 is 5.32 Å². The third-order valence-electron chi connectivity index (χ3n) is 4.17.